The number of nitrogens with two attached hydrogens (primary N) is 1. The molecule has 1 saturated carbocycles. The molecule has 1 fully saturated rings. The molecule has 0 aromatic heterocycles. The van der Waals surface area contributed by atoms with Crippen molar-refractivity contribution in [3.63, 3.8) is 0 Å². The maximum atomic E-state index is 11.9. The van der Waals surface area contributed by atoms with Crippen molar-refractivity contribution < 1.29 is 4.79 Å². The van der Waals surface area contributed by atoms with Gasteiger partial charge < -0.3 is 10.6 Å². The summed E-state index contributed by atoms with van der Waals surface area (Å²) in [4.78, 5) is 13.9. The highest BCUT2D eigenvalue weighted by Crippen LogP contribution is 2.29. The normalized spacial score (nSPS) is 14.7. The third-order valence-electron chi connectivity index (χ3n) is 2.91. The third kappa shape index (κ3) is 3.54. The Kier molecular flexibility index (Phi) is 4.18. The summed E-state index contributed by atoms with van der Waals surface area (Å²) in [7, 11) is 0. The molecule has 2 rings (SSSR count). The smallest absolute Gasteiger partial charge is 0.224 e. The highest BCUT2D eigenvalue weighted by atomic mass is 79.9. The fourth-order valence-electron chi connectivity index (χ4n) is 1.91. The van der Waals surface area contributed by atoms with Gasteiger partial charge in [0.25, 0.3) is 0 Å². The summed E-state index contributed by atoms with van der Waals surface area (Å²) in [5.74, 6) is 0.176. The Labute approximate surface area is 110 Å². The van der Waals surface area contributed by atoms with Crippen LogP contribution in [-0.2, 0) is 11.3 Å². The molecule has 0 unspecified atom stereocenters. The van der Waals surface area contributed by atoms with E-state index in [0.29, 0.717) is 25.6 Å². The molecule has 0 bridgehead atoms. The van der Waals surface area contributed by atoms with Crippen molar-refractivity contribution in [1.29, 1.82) is 0 Å². The first-order chi connectivity index (χ1) is 8.20. The topological polar surface area (TPSA) is 46.3 Å². The zero-order valence-electron chi connectivity index (χ0n) is 9.73. The van der Waals surface area contributed by atoms with Crippen LogP contribution in [-0.4, -0.2) is 23.4 Å². The quantitative estimate of drug-likeness (QED) is 0.906. The van der Waals surface area contributed by atoms with Gasteiger partial charge in [-0.25, -0.2) is 0 Å². The SMILES string of the molecule is NCCC(=O)N(Cc1cccc(Br)c1)C1CC1. The number of hydrogen-bond donors (Lipinski definition) is 1. The zero-order valence-corrected chi connectivity index (χ0v) is 11.3. The van der Waals surface area contributed by atoms with Crippen LogP contribution in [0.5, 0.6) is 0 Å². The minimum atomic E-state index is 0.176. The van der Waals surface area contributed by atoms with Crippen LogP contribution in [0.3, 0.4) is 0 Å². The van der Waals surface area contributed by atoms with Crippen LogP contribution < -0.4 is 5.73 Å². The molecule has 0 heterocycles. The van der Waals surface area contributed by atoms with E-state index in [1.165, 1.54) is 0 Å². The van der Waals surface area contributed by atoms with E-state index in [2.05, 4.69) is 28.1 Å². The highest BCUT2D eigenvalue weighted by Gasteiger charge is 2.31. The monoisotopic (exact) mass is 296 g/mol. The molecule has 1 amide bonds. The molecule has 1 aliphatic rings. The maximum Gasteiger partial charge on any atom is 0.224 e. The van der Waals surface area contributed by atoms with E-state index in [0.717, 1.165) is 22.9 Å². The maximum absolute atomic E-state index is 11.9. The Hall–Kier alpha value is -0.870. The minimum absolute atomic E-state index is 0.176. The second-order valence-corrected chi connectivity index (χ2v) is 5.34. The Balaban J connectivity index is 2.05. The summed E-state index contributed by atoms with van der Waals surface area (Å²) in [5.41, 5.74) is 6.61. The van der Waals surface area contributed by atoms with Crippen molar-refractivity contribution in [2.45, 2.75) is 31.8 Å². The van der Waals surface area contributed by atoms with E-state index in [1.54, 1.807) is 0 Å². The molecule has 1 aromatic carbocycles. The summed E-state index contributed by atoms with van der Waals surface area (Å²) in [6.45, 7) is 1.13. The van der Waals surface area contributed by atoms with Gasteiger partial charge >= 0.3 is 0 Å². The van der Waals surface area contributed by atoms with Crippen LogP contribution in [0, 0.1) is 0 Å². The molecule has 0 spiro atoms. The highest BCUT2D eigenvalue weighted by molar-refractivity contribution is 9.10. The van der Waals surface area contributed by atoms with Gasteiger partial charge in [-0.3, -0.25) is 4.79 Å². The number of carbonyl (C=O) groups is 1. The Morgan fingerprint density at radius 3 is 2.82 bits per heavy atom. The molecule has 4 heteroatoms. The van der Waals surface area contributed by atoms with Crippen LogP contribution in [0.1, 0.15) is 24.8 Å². The molecule has 17 heavy (non-hydrogen) atoms. The van der Waals surface area contributed by atoms with Crippen molar-refractivity contribution in [3.05, 3.63) is 34.3 Å². The molecule has 0 radical (unpaired) electrons. The van der Waals surface area contributed by atoms with Gasteiger partial charge in [0.05, 0.1) is 0 Å². The van der Waals surface area contributed by atoms with Crippen molar-refractivity contribution >= 4 is 21.8 Å². The number of amides is 1. The standard InChI is InChI=1S/C13H17BrN2O/c14-11-3-1-2-10(8-11)9-16(12-4-5-12)13(17)6-7-15/h1-3,8,12H,4-7,9,15H2. The van der Waals surface area contributed by atoms with E-state index < -0.39 is 0 Å². The van der Waals surface area contributed by atoms with Gasteiger partial charge in [-0.15, -0.1) is 0 Å². The average Bonchev–Trinajstić information content (AvgIpc) is 3.10. The third-order valence-corrected chi connectivity index (χ3v) is 3.40. The van der Waals surface area contributed by atoms with Gasteiger partial charge in [0.2, 0.25) is 5.91 Å². The fraction of sp³-hybridized carbons (Fsp3) is 0.462. The number of carbonyl (C=O) groups excluding carboxylic acids is 1. The molecule has 0 aliphatic heterocycles. The first kappa shape index (κ1) is 12.6. The lowest BCUT2D eigenvalue weighted by molar-refractivity contribution is -0.132. The number of halogens is 1. The molecule has 1 aromatic rings. The van der Waals surface area contributed by atoms with Gasteiger partial charge in [-0.2, -0.15) is 0 Å². The second kappa shape index (κ2) is 5.65. The van der Waals surface area contributed by atoms with Crippen LogP contribution in [0.2, 0.25) is 0 Å². The van der Waals surface area contributed by atoms with E-state index in [9.17, 15) is 4.79 Å². The molecule has 92 valence electrons. The molecular formula is C13H17BrN2O. The van der Waals surface area contributed by atoms with Gasteiger partial charge in [-0.1, -0.05) is 28.1 Å². The van der Waals surface area contributed by atoms with E-state index in [1.807, 2.05) is 17.0 Å². The predicted octanol–water partition coefficient (Wildman–Crippen LogP) is 2.29. The van der Waals surface area contributed by atoms with Crippen LogP contribution in [0.4, 0.5) is 0 Å². The minimum Gasteiger partial charge on any atom is -0.335 e. The lowest BCUT2D eigenvalue weighted by atomic mass is 10.2. The Morgan fingerprint density at radius 1 is 1.47 bits per heavy atom. The first-order valence-corrected chi connectivity index (χ1v) is 6.74. The van der Waals surface area contributed by atoms with E-state index >= 15 is 0 Å². The van der Waals surface area contributed by atoms with Crippen LogP contribution >= 0.6 is 15.9 Å². The van der Waals surface area contributed by atoms with Crippen molar-refractivity contribution in [3.8, 4) is 0 Å². The number of nitrogens with zero attached hydrogens (tertiary/aromatic N) is 1. The Morgan fingerprint density at radius 2 is 2.24 bits per heavy atom. The first-order valence-electron chi connectivity index (χ1n) is 5.94. The van der Waals surface area contributed by atoms with Gasteiger partial charge in [0.15, 0.2) is 0 Å². The molecule has 1 aliphatic carbocycles. The molecule has 0 saturated heterocycles. The van der Waals surface area contributed by atoms with Crippen LogP contribution in [0.15, 0.2) is 28.7 Å². The summed E-state index contributed by atoms with van der Waals surface area (Å²) in [5, 5.41) is 0. The number of rotatable bonds is 5. The number of hydrogen-bond acceptors (Lipinski definition) is 2. The second-order valence-electron chi connectivity index (χ2n) is 4.42. The van der Waals surface area contributed by atoms with Crippen molar-refractivity contribution in [1.82, 2.24) is 4.90 Å². The fourth-order valence-corrected chi connectivity index (χ4v) is 2.35. The van der Waals surface area contributed by atoms with Gasteiger partial charge in [0.1, 0.15) is 0 Å². The largest absolute Gasteiger partial charge is 0.335 e. The van der Waals surface area contributed by atoms with Crippen molar-refractivity contribution in [2.75, 3.05) is 6.54 Å². The summed E-state index contributed by atoms with van der Waals surface area (Å²) in [6, 6.07) is 8.54. The van der Waals surface area contributed by atoms with E-state index in [4.69, 9.17) is 5.73 Å². The summed E-state index contributed by atoms with van der Waals surface area (Å²) >= 11 is 3.45. The number of benzene rings is 1. The zero-order chi connectivity index (χ0) is 12.3. The molecular weight excluding hydrogens is 280 g/mol. The molecule has 2 N–H and O–H groups in total. The molecule has 3 nitrogen and oxygen atoms in total. The molecule has 0 atom stereocenters. The predicted molar refractivity (Wildman–Crippen MR) is 71.4 cm³/mol. The Bertz CT molecular complexity index is 404. The summed E-state index contributed by atoms with van der Waals surface area (Å²) in [6.07, 6.45) is 2.71. The van der Waals surface area contributed by atoms with Gasteiger partial charge in [0, 0.05) is 30.0 Å². The lowest BCUT2D eigenvalue weighted by Gasteiger charge is -2.22. The summed E-state index contributed by atoms with van der Waals surface area (Å²) < 4.78 is 1.05. The van der Waals surface area contributed by atoms with Gasteiger partial charge in [-0.05, 0) is 30.5 Å². The average molecular weight is 297 g/mol. The lowest BCUT2D eigenvalue weighted by Crippen LogP contribution is -2.33. The van der Waals surface area contributed by atoms with Crippen molar-refractivity contribution in [2.24, 2.45) is 5.73 Å². The van der Waals surface area contributed by atoms with Crippen LogP contribution in [0.25, 0.3) is 0 Å². The van der Waals surface area contributed by atoms with E-state index in [-0.39, 0.29) is 5.91 Å².